The zero-order valence-corrected chi connectivity index (χ0v) is 13.0. The molecule has 1 aromatic heterocycles. The molecule has 0 bridgehead atoms. The second-order valence-corrected chi connectivity index (χ2v) is 5.12. The van der Waals surface area contributed by atoms with Crippen molar-refractivity contribution in [2.75, 3.05) is 43.6 Å². The third kappa shape index (κ3) is 3.75. The number of rotatable bonds is 3. The molecule has 23 heavy (non-hydrogen) atoms. The number of aromatic nitrogens is 2. The summed E-state index contributed by atoms with van der Waals surface area (Å²) in [6.07, 6.45) is 1.77. The van der Waals surface area contributed by atoms with Crippen molar-refractivity contribution >= 4 is 17.7 Å². The van der Waals surface area contributed by atoms with Gasteiger partial charge < -0.3 is 20.3 Å². The fourth-order valence-electron chi connectivity index (χ4n) is 2.34. The Kier molecular flexibility index (Phi) is 4.68. The summed E-state index contributed by atoms with van der Waals surface area (Å²) >= 11 is 0. The molecular weight excluding hydrogens is 294 g/mol. The Morgan fingerprint density at radius 1 is 1.17 bits per heavy atom. The molecule has 0 unspecified atom stereocenters. The second kappa shape index (κ2) is 7.06. The van der Waals surface area contributed by atoms with Gasteiger partial charge in [0.15, 0.2) is 0 Å². The van der Waals surface area contributed by atoms with Crippen molar-refractivity contribution < 1.29 is 9.53 Å². The van der Waals surface area contributed by atoms with Gasteiger partial charge in [0, 0.05) is 37.6 Å². The van der Waals surface area contributed by atoms with Crippen molar-refractivity contribution in [3.63, 3.8) is 0 Å². The normalized spacial score (nSPS) is 14.4. The average molecular weight is 313 g/mol. The molecule has 0 atom stereocenters. The van der Waals surface area contributed by atoms with E-state index in [9.17, 15) is 4.79 Å². The van der Waals surface area contributed by atoms with Crippen molar-refractivity contribution in [2.24, 2.45) is 0 Å². The summed E-state index contributed by atoms with van der Waals surface area (Å²) in [4.78, 5) is 22.4. The molecular formula is C16H19N5O2. The second-order valence-electron chi connectivity index (χ2n) is 5.12. The topological polar surface area (TPSA) is 79.4 Å². The first kappa shape index (κ1) is 15.2. The number of carbonyl (C=O) groups excluding carboxylic acids is 1. The molecule has 2 aromatic rings. The van der Waals surface area contributed by atoms with Crippen molar-refractivity contribution in [2.45, 2.75) is 0 Å². The van der Waals surface area contributed by atoms with E-state index in [0.29, 0.717) is 13.2 Å². The minimum Gasteiger partial charge on any atom is -0.378 e. The van der Waals surface area contributed by atoms with Crippen molar-refractivity contribution in [1.29, 1.82) is 0 Å². The maximum absolute atomic E-state index is 11.3. The van der Waals surface area contributed by atoms with Gasteiger partial charge in [-0.2, -0.15) is 0 Å². The first-order valence-electron chi connectivity index (χ1n) is 7.51. The molecule has 7 heteroatoms. The number of morpholine rings is 1. The smallest absolute Gasteiger partial charge is 0.318 e. The van der Waals surface area contributed by atoms with Crippen LogP contribution in [0.2, 0.25) is 0 Å². The van der Waals surface area contributed by atoms with Gasteiger partial charge in [0.25, 0.3) is 0 Å². The Labute approximate surface area is 134 Å². The van der Waals surface area contributed by atoms with Crippen LogP contribution in [0.15, 0.2) is 36.5 Å². The number of amides is 2. The highest BCUT2D eigenvalue weighted by Crippen LogP contribution is 2.21. The maximum Gasteiger partial charge on any atom is 0.318 e. The van der Waals surface area contributed by atoms with Gasteiger partial charge in [-0.3, -0.25) is 0 Å². The summed E-state index contributed by atoms with van der Waals surface area (Å²) in [5.74, 6) is 0.721. The molecule has 1 fully saturated rings. The highest BCUT2D eigenvalue weighted by atomic mass is 16.5. The number of carbonyl (C=O) groups is 1. The average Bonchev–Trinajstić information content (AvgIpc) is 2.63. The van der Waals surface area contributed by atoms with E-state index in [1.54, 1.807) is 13.2 Å². The minimum atomic E-state index is -0.241. The lowest BCUT2D eigenvalue weighted by Crippen LogP contribution is -2.37. The largest absolute Gasteiger partial charge is 0.378 e. The van der Waals surface area contributed by atoms with Crippen molar-refractivity contribution in [3.8, 4) is 11.3 Å². The monoisotopic (exact) mass is 313 g/mol. The van der Waals surface area contributed by atoms with E-state index < -0.39 is 0 Å². The molecule has 3 rings (SSSR count). The molecule has 0 spiro atoms. The van der Waals surface area contributed by atoms with Crippen LogP contribution in [0.4, 0.5) is 16.4 Å². The molecule has 120 valence electrons. The standard InChI is InChI=1S/C16H19N5O2/c1-17-16(22)19-13-4-2-12(3-5-13)14-6-7-18-15(20-14)21-8-10-23-11-9-21/h2-7H,8-11H2,1H3,(H2,17,19,22). The summed E-state index contributed by atoms with van der Waals surface area (Å²) in [6.45, 7) is 3.01. The molecule has 7 nitrogen and oxygen atoms in total. The SMILES string of the molecule is CNC(=O)Nc1ccc(-c2ccnc(N3CCOCC3)n2)cc1. The maximum atomic E-state index is 11.3. The Bertz CT molecular complexity index is 668. The molecule has 1 aliphatic rings. The van der Waals surface area contributed by atoms with Gasteiger partial charge in [-0.15, -0.1) is 0 Å². The van der Waals surface area contributed by atoms with Gasteiger partial charge in [-0.25, -0.2) is 14.8 Å². The lowest BCUT2D eigenvalue weighted by atomic mass is 10.1. The summed E-state index contributed by atoms with van der Waals surface area (Å²) in [5.41, 5.74) is 2.56. The summed E-state index contributed by atoms with van der Waals surface area (Å²) in [6, 6.07) is 9.19. The first-order chi connectivity index (χ1) is 11.3. The predicted octanol–water partition coefficient (Wildman–Crippen LogP) is 1.73. The Balaban J connectivity index is 1.77. The number of benzene rings is 1. The molecule has 2 N–H and O–H groups in total. The lowest BCUT2D eigenvalue weighted by Gasteiger charge is -2.26. The number of nitrogens with one attached hydrogen (secondary N) is 2. The summed E-state index contributed by atoms with van der Waals surface area (Å²) < 4.78 is 5.35. The van der Waals surface area contributed by atoms with Crippen LogP contribution in [-0.2, 0) is 4.74 Å². The van der Waals surface area contributed by atoms with Gasteiger partial charge in [-0.1, -0.05) is 12.1 Å². The van der Waals surface area contributed by atoms with E-state index in [-0.39, 0.29) is 6.03 Å². The highest BCUT2D eigenvalue weighted by Gasteiger charge is 2.14. The predicted molar refractivity (Wildman–Crippen MR) is 88.6 cm³/mol. The summed E-state index contributed by atoms with van der Waals surface area (Å²) in [5, 5.41) is 5.25. The van der Waals surface area contributed by atoms with E-state index in [0.717, 1.165) is 36.0 Å². The minimum absolute atomic E-state index is 0.241. The van der Waals surface area contributed by atoms with Gasteiger partial charge in [-0.05, 0) is 18.2 Å². The van der Waals surface area contributed by atoms with Gasteiger partial charge in [0.1, 0.15) is 0 Å². The van der Waals surface area contributed by atoms with Crippen LogP contribution in [-0.4, -0.2) is 49.4 Å². The number of hydrogen-bond acceptors (Lipinski definition) is 5. The van der Waals surface area contributed by atoms with E-state index >= 15 is 0 Å². The third-order valence-electron chi connectivity index (χ3n) is 3.60. The Morgan fingerprint density at radius 3 is 2.61 bits per heavy atom. The molecule has 1 aliphatic heterocycles. The van der Waals surface area contributed by atoms with Gasteiger partial charge in [0.05, 0.1) is 18.9 Å². The Morgan fingerprint density at radius 2 is 1.91 bits per heavy atom. The van der Waals surface area contributed by atoms with Crippen LogP contribution in [0.3, 0.4) is 0 Å². The molecule has 1 aromatic carbocycles. The molecule has 0 radical (unpaired) electrons. The quantitative estimate of drug-likeness (QED) is 0.902. The molecule has 2 amide bonds. The fourth-order valence-corrected chi connectivity index (χ4v) is 2.34. The number of hydrogen-bond donors (Lipinski definition) is 2. The van der Waals surface area contributed by atoms with E-state index in [2.05, 4.69) is 25.5 Å². The number of ether oxygens (including phenoxy) is 1. The molecule has 0 aliphatic carbocycles. The number of anilines is 2. The van der Waals surface area contributed by atoms with Gasteiger partial charge in [0.2, 0.25) is 5.95 Å². The number of nitrogens with zero attached hydrogens (tertiary/aromatic N) is 3. The van der Waals surface area contributed by atoms with Crippen LogP contribution in [0.1, 0.15) is 0 Å². The van der Waals surface area contributed by atoms with Gasteiger partial charge >= 0.3 is 6.03 Å². The third-order valence-corrected chi connectivity index (χ3v) is 3.60. The van der Waals surface area contributed by atoms with Crippen LogP contribution in [0.25, 0.3) is 11.3 Å². The Hall–Kier alpha value is -2.67. The summed E-state index contributed by atoms with van der Waals surface area (Å²) in [7, 11) is 1.58. The van der Waals surface area contributed by atoms with E-state index in [4.69, 9.17) is 4.74 Å². The van der Waals surface area contributed by atoms with Crippen LogP contribution >= 0.6 is 0 Å². The van der Waals surface area contributed by atoms with Crippen LogP contribution in [0.5, 0.6) is 0 Å². The van der Waals surface area contributed by atoms with E-state index in [1.165, 1.54) is 0 Å². The van der Waals surface area contributed by atoms with Crippen LogP contribution < -0.4 is 15.5 Å². The first-order valence-corrected chi connectivity index (χ1v) is 7.51. The number of urea groups is 1. The zero-order chi connectivity index (χ0) is 16.1. The molecule has 0 saturated carbocycles. The fraction of sp³-hybridized carbons (Fsp3) is 0.312. The van der Waals surface area contributed by atoms with Crippen molar-refractivity contribution in [1.82, 2.24) is 15.3 Å². The molecule has 1 saturated heterocycles. The highest BCUT2D eigenvalue weighted by molar-refractivity contribution is 5.89. The lowest BCUT2D eigenvalue weighted by molar-refractivity contribution is 0.122. The molecule has 2 heterocycles. The van der Waals surface area contributed by atoms with E-state index in [1.807, 2.05) is 30.3 Å². The zero-order valence-electron chi connectivity index (χ0n) is 13.0. The van der Waals surface area contributed by atoms with Crippen molar-refractivity contribution in [3.05, 3.63) is 36.5 Å². The van der Waals surface area contributed by atoms with Crippen LogP contribution in [0, 0.1) is 0 Å².